The summed E-state index contributed by atoms with van der Waals surface area (Å²) < 4.78 is 0. The quantitative estimate of drug-likeness (QED) is 0.425. The molecule has 0 aliphatic rings. The first kappa shape index (κ1) is 9.40. The molecule has 0 aromatic heterocycles. The fourth-order valence-electron chi connectivity index (χ4n) is 0.794. The highest BCUT2D eigenvalue weighted by Gasteiger charge is 2.00. The van der Waals surface area contributed by atoms with Gasteiger partial charge in [-0.3, -0.25) is 0 Å². The van der Waals surface area contributed by atoms with Gasteiger partial charge >= 0.3 is 0 Å². The molecular weight excluding hydrogens is 130 g/mol. The highest BCUT2D eigenvalue weighted by molar-refractivity contribution is 4.49. The molecule has 0 spiro atoms. The number of hydrogen-bond acceptors (Lipinski definition) is 3. The summed E-state index contributed by atoms with van der Waals surface area (Å²) in [7, 11) is 0. The highest BCUT2D eigenvalue weighted by atomic mass is 16.7. The highest BCUT2D eigenvalue weighted by Crippen LogP contribution is 2.07. The predicted molar refractivity (Wildman–Crippen MR) is 40.4 cm³/mol. The zero-order valence-electron chi connectivity index (χ0n) is 6.67. The lowest BCUT2D eigenvalue weighted by Crippen LogP contribution is -2.01. The van der Waals surface area contributed by atoms with E-state index in [1.807, 2.05) is 0 Å². The number of unbranched alkanes of at least 4 members (excludes halogenated alkanes) is 1. The minimum atomic E-state index is 0.456. The Morgan fingerprint density at radius 2 is 2.30 bits per heavy atom. The van der Waals surface area contributed by atoms with Crippen molar-refractivity contribution in [1.29, 1.82) is 0 Å². The van der Waals surface area contributed by atoms with Gasteiger partial charge in [-0.2, -0.15) is 0 Å². The Bertz CT molecular complexity index is 85.7. The normalized spacial score (nSPS) is 12.6. The van der Waals surface area contributed by atoms with Crippen LogP contribution in [-0.4, -0.2) is 6.61 Å². The molecule has 1 atom stereocenters. The van der Waals surface area contributed by atoms with Gasteiger partial charge in [-0.1, -0.05) is 26.7 Å². The Morgan fingerprint density at radius 3 is 2.80 bits per heavy atom. The first-order valence-electron chi connectivity index (χ1n) is 3.75. The van der Waals surface area contributed by atoms with E-state index in [2.05, 4.69) is 24.0 Å². The molecule has 0 saturated heterocycles. The standard InChI is InChI=1S/C7H15NO2/c1-3-4-5-7(2)6-10-8-9/h7H,3-6H2,1-2H3. The largest absolute Gasteiger partial charge is 0.364 e. The molecule has 1 unspecified atom stereocenters. The zero-order chi connectivity index (χ0) is 7.82. The van der Waals surface area contributed by atoms with Gasteiger partial charge < -0.3 is 4.84 Å². The van der Waals surface area contributed by atoms with E-state index in [9.17, 15) is 4.91 Å². The maximum Gasteiger partial charge on any atom is 0.155 e. The van der Waals surface area contributed by atoms with E-state index >= 15 is 0 Å². The second kappa shape index (κ2) is 6.52. The average molecular weight is 145 g/mol. The molecule has 3 heteroatoms. The van der Waals surface area contributed by atoms with E-state index < -0.39 is 0 Å². The van der Waals surface area contributed by atoms with Gasteiger partial charge in [0.15, 0.2) is 5.34 Å². The number of hydrogen-bond donors (Lipinski definition) is 0. The molecule has 0 aliphatic heterocycles. The maximum atomic E-state index is 9.51. The molecule has 3 nitrogen and oxygen atoms in total. The van der Waals surface area contributed by atoms with Gasteiger partial charge in [-0.05, 0) is 12.3 Å². The molecule has 0 bridgehead atoms. The summed E-state index contributed by atoms with van der Waals surface area (Å²) in [5.74, 6) is 0.456. The van der Waals surface area contributed by atoms with E-state index in [1.165, 1.54) is 12.8 Å². The van der Waals surface area contributed by atoms with Crippen LogP contribution in [0.4, 0.5) is 0 Å². The number of rotatable bonds is 6. The van der Waals surface area contributed by atoms with E-state index in [1.54, 1.807) is 0 Å². The van der Waals surface area contributed by atoms with Crippen molar-refractivity contribution in [1.82, 2.24) is 0 Å². The van der Waals surface area contributed by atoms with E-state index in [0.717, 1.165) is 6.42 Å². The summed E-state index contributed by atoms with van der Waals surface area (Å²) in [6, 6.07) is 0. The molecule has 0 heterocycles. The van der Waals surface area contributed by atoms with Gasteiger partial charge in [0.25, 0.3) is 0 Å². The SMILES string of the molecule is CCCCC(C)CON=O. The molecule has 0 rings (SSSR count). The maximum absolute atomic E-state index is 9.51. The van der Waals surface area contributed by atoms with Crippen molar-refractivity contribution < 1.29 is 4.84 Å². The Balaban J connectivity index is 3.07. The Kier molecular flexibility index (Phi) is 6.13. The van der Waals surface area contributed by atoms with Crippen molar-refractivity contribution in [3.63, 3.8) is 0 Å². The van der Waals surface area contributed by atoms with Crippen LogP contribution < -0.4 is 0 Å². The first-order valence-corrected chi connectivity index (χ1v) is 3.75. The Labute approximate surface area is 61.7 Å². The van der Waals surface area contributed by atoms with Gasteiger partial charge in [-0.25, -0.2) is 0 Å². The van der Waals surface area contributed by atoms with Gasteiger partial charge in [0.05, 0.1) is 0 Å². The molecule has 0 amide bonds. The third kappa shape index (κ3) is 5.54. The van der Waals surface area contributed by atoms with Crippen LogP contribution in [0.3, 0.4) is 0 Å². The zero-order valence-corrected chi connectivity index (χ0v) is 6.67. The van der Waals surface area contributed by atoms with Gasteiger partial charge in [0.2, 0.25) is 0 Å². The van der Waals surface area contributed by atoms with Crippen LogP contribution in [0.2, 0.25) is 0 Å². The molecule has 0 saturated carbocycles. The summed E-state index contributed by atoms with van der Waals surface area (Å²) in [6.07, 6.45) is 3.51. The summed E-state index contributed by atoms with van der Waals surface area (Å²) in [5.41, 5.74) is 0. The predicted octanol–water partition coefficient (Wildman–Crippen LogP) is 2.51. The molecule has 0 aliphatic carbocycles. The van der Waals surface area contributed by atoms with Gasteiger partial charge in [-0.15, -0.1) is 4.91 Å². The van der Waals surface area contributed by atoms with Crippen molar-refractivity contribution in [2.45, 2.75) is 33.1 Å². The lowest BCUT2D eigenvalue weighted by molar-refractivity contribution is 0.105. The van der Waals surface area contributed by atoms with Gasteiger partial charge in [0.1, 0.15) is 6.61 Å². The van der Waals surface area contributed by atoms with Crippen LogP contribution in [-0.2, 0) is 4.84 Å². The summed E-state index contributed by atoms with van der Waals surface area (Å²) in [6.45, 7) is 4.66. The Hall–Kier alpha value is -0.600. The van der Waals surface area contributed by atoms with Gasteiger partial charge in [0, 0.05) is 0 Å². The topological polar surface area (TPSA) is 38.7 Å². The Morgan fingerprint density at radius 1 is 1.60 bits per heavy atom. The van der Waals surface area contributed by atoms with Crippen molar-refractivity contribution in [3.8, 4) is 0 Å². The lowest BCUT2D eigenvalue weighted by Gasteiger charge is -2.05. The van der Waals surface area contributed by atoms with Crippen molar-refractivity contribution in [2.24, 2.45) is 11.3 Å². The van der Waals surface area contributed by atoms with E-state index in [4.69, 9.17) is 0 Å². The monoisotopic (exact) mass is 145 g/mol. The molecule has 0 fully saturated rings. The van der Waals surface area contributed by atoms with Crippen LogP contribution >= 0.6 is 0 Å². The molecule has 0 aromatic rings. The van der Waals surface area contributed by atoms with E-state index in [0.29, 0.717) is 12.5 Å². The third-order valence-electron chi connectivity index (χ3n) is 1.46. The fourth-order valence-corrected chi connectivity index (χ4v) is 0.794. The second-order valence-electron chi connectivity index (χ2n) is 2.62. The third-order valence-corrected chi connectivity index (χ3v) is 1.46. The van der Waals surface area contributed by atoms with Crippen molar-refractivity contribution in [2.75, 3.05) is 6.61 Å². The molecular formula is C7H15NO2. The molecule has 0 radical (unpaired) electrons. The smallest absolute Gasteiger partial charge is 0.155 e. The fraction of sp³-hybridized carbons (Fsp3) is 1.00. The van der Waals surface area contributed by atoms with Crippen LogP contribution in [0.5, 0.6) is 0 Å². The summed E-state index contributed by atoms with van der Waals surface area (Å²) in [4.78, 5) is 13.9. The molecule has 0 N–H and O–H groups in total. The van der Waals surface area contributed by atoms with Crippen LogP contribution in [0.15, 0.2) is 5.34 Å². The average Bonchev–Trinajstić information content (AvgIpc) is 1.97. The minimum absolute atomic E-state index is 0.456. The van der Waals surface area contributed by atoms with Crippen LogP contribution in [0, 0.1) is 10.8 Å². The van der Waals surface area contributed by atoms with Crippen molar-refractivity contribution in [3.05, 3.63) is 4.91 Å². The second-order valence-corrected chi connectivity index (χ2v) is 2.62. The van der Waals surface area contributed by atoms with Crippen LogP contribution in [0.1, 0.15) is 33.1 Å². The number of nitrogens with zero attached hydrogens (tertiary/aromatic N) is 1. The first-order chi connectivity index (χ1) is 4.81. The molecule has 60 valence electrons. The van der Waals surface area contributed by atoms with Crippen LogP contribution in [0.25, 0.3) is 0 Å². The molecule has 0 aromatic carbocycles. The minimum Gasteiger partial charge on any atom is -0.364 e. The van der Waals surface area contributed by atoms with E-state index in [-0.39, 0.29) is 0 Å². The lowest BCUT2D eigenvalue weighted by atomic mass is 10.1. The van der Waals surface area contributed by atoms with Crippen molar-refractivity contribution >= 4 is 0 Å². The molecule has 10 heavy (non-hydrogen) atoms. The summed E-state index contributed by atoms with van der Waals surface area (Å²) >= 11 is 0. The summed E-state index contributed by atoms with van der Waals surface area (Å²) in [5, 5.41) is 2.33.